The second kappa shape index (κ2) is 5.73. The normalized spacial score (nSPS) is 17.6. The van der Waals surface area contributed by atoms with Gasteiger partial charge in [0, 0.05) is 25.6 Å². The first-order valence-corrected chi connectivity index (χ1v) is 5.68. The average Bonchev–Trinajstić information content (AvgIpc) is 2.26. The number of urea groups is 1. The summed E-state index contributed by atoms with van der Waals surface area (Å²) in [6.45, 7) is 5.81. The number of hydrogen-bond acceptors (Lipinski definition) is 2. The topological polar surface area (TPSA) is 49.4 Å². The van der Waals surface area contributed by atoms with E-state index in [0.29, 0.717) is 13.1 Å². The summed E-state index contributed by atoms with van der Waals surface area (Å²) < 4.78 is 0. The molecule has 0 bridgehead atoms. The van der Waals surface area contributed by atoms with Crippen molar-refractivity contribution in [3.05, 3.63) is 0 Å². The number of rotatable bonds is 3. The van der Waals surface area contributed by atoms with Crippen LogP contribution in [0, 0.1) is 5.92 Å². The van der Waals surface area contributed by atoms with Crippen molar-refractivity contribution in [2.45, 2.75) is 33.1 Å². The van der Waals surface area contributed by atoms with Gasteiger partial charge >= 0.3 is 6.03 Å². The van der Waals surface area contributed by atoms with Gasteiger partial charge in [-0.2, -0.15) is 0 Å². The third-order valence-electron chi connectivity index (χ3n) is 2.88. The van der Waals surface area contributed by atoms with Crippen LogP contribution < -0.4 is 5.32 Å². The number of amides is 2. The van der Waals surface area contributed by atoms with Gasteiger partial charge in [-0.05, 0) is 26.2 Å². The molecule has 1 aliphatic heterocycles. The maximum Gasteiger partial charge on any atom is 0.317 e. The second-order valence-corrected chi connectivity index (χ2v) is 4.10. The van der Waals surface area contributed by atoms with Crippen LogP contribution >= 0.6 is 0 Å². The van der Waals surface area contributed by atoms with Gasteiger partial charge in [-0.25, -0.2) is 4.79 Å². The summed E-state index contributed by atoms with van der Waals surface area (Å²) >= 11 is 0. The molecule has 2 amide bonds. The van der Waals surface area contributed by atoms with Crippen LogP contribution in [0.5, 0.6) is 0 Å². The molecule has 0 saturated carbocycles. The van der Waals surface area contributed by atoms with Gasteiger partial charge in [0.2, 0.25) is 0 Å². The minimum absolute atomic E-state index is 0.0128. The Labute approximate surface area is 91.0 Å². The van der Waals surface area contributed by atoms with Crippen molar-refractivity contribution < 1.29 is 9.59 Å². The SMILES string of the molecule is CCCNC(=O)N1CCC(C(C)=O)CC1. The molecule has 4 nitrogen and oxygen atoms in total. The lowest BCUT2D eigenvalue weighted by molar-refractivity contribution is -0.121. The largest absolute Gasteiger partial charge is 0.338 e. The smallest absolute Gasteiger partial charge is 0.317 e. The van der Waals surface area contributed by atoms with Gasteiger partial charge in [0.15, 0.2) is 0 Å². The molecular weight excluding hydrogens is 192 g/mol. The van der Waals surface area contributed by atoms with E-state index >= 15 is 0 Å². The molecule has 86 valence electrons. The number of nitrogens with zero attached hydrogens (tertiary/aromatic N) is 1. The van der Waals surface area contributed by atoms with Gasteiger partial charge < -0.3 is 10.2 Å². The zero-order valence-corrected chi connectivity index (χ0v) is 9.58. The summed E-state index contributed by atoms with van der Waals surface area (Å²) in [6.07, 6.45) is 2.58. The molecule has 0 radical (unpaired) electrons. The highest BCUT2D eigenvalue weighted by molar-refractivity contribution is 5.79. The molecule has 0 spiro atoms. The molecule has 0 aromatic rings. The van der Waals surface area contributed by atoms with Gasteiger partial charge in [-0.1, -0.05) is 6.92 Å². The third-order valence-corrected chi connectivity index (χ3v) is 2.88. The Kier molecular flexibility index (Phi) is 4.59. The second-order valence-electron chi connectivity index (χ2n) is 4.10. The fourth-order valence-electron chi connectivity index (χ4n) is 1.83. The van der Waals surface area contributed by atoms with Crippen molar-refractivity contribution in [3.8, 4) is 0 Å². The summed E-state index contributed by atoms with van der Waals surface area (Å²) in [5, 5.41) is 2.85. The molecule has 1 heterocycles. The highest BCUT2D eigenvalue weighted by Gasteiger charge is 2.24. The number of hydrogen-bond donors (Lipinski definition) is 1. The molecule has 0 unspecified atom stereocenters. The van der Waals surface area contributed by atoms with E-state index in [-0.39, 0.29) is 17.7 Å². The molecule has 1 rings (SSSR count). The zero-order chi connectivity index (χ0) is 11.3. The first-order chi connectivity index (χ1) is 7.15. The minimum Gasteiger partial charge on any atom is -0.338 e. The lowest BCUT2D eigenvalue weighted by Gasteiger charge is -2.30. The number of likely N-dealkylation sites (tertiary alicyclic amines) is 1. The van der Waals surface area contributed by atoms with Gasteiger partial charge in [0.25, 0.3) is 0 Å². The van der Waals surface area contributed by atoms with E-state index in [2.05, 4.69) is 5.32 Å². The summed E-state index contributed by atoms with van der Waals surface area (Å²) in [7, 11) is 0. The summed E-state index contributed by atoms with van der Waals surface area (Å²) in [5.74, 6) is 0.420. The van der Waals surface area contributed by atoms with Crippen LogP contribution in [0.1, 0.15) is 33.1 Å². The summed E-state index contributed by atoms with van der Waals surface area (Å²) in [4.78, 5) is 24.5. The number of ketones is 1. The maximum atomic E-state index is 11.6. The molecule has 1 N–H and O–H groups in total. The first-order valence-electron chi connectivity index (χ1n) is 5.68. The summed E-state index contributed by atoms with van der Waals surface area (Å²) in [6, 6.07) is 0.0128. The van der Waals surface area contributed by atoms with E-state index in [1.165, 1.54) is 0 Å². The van der Waals surface area contributed by atoms with E-state index in [1.54, 1.807) is 11.8 Å². The first kappa shape index (κ1) is 12.0. The fourth-order valence-corrected chi connectivity index (χ4v) is 1.83. The van der Waals surface area contributed by atoms with Crippen LogP contribution in [0.25, 0.3) is 0 Å². The van der Waals surface area contributed by atoms with Crippen molar-refractivity contribution in [2.24, 2.45) is 5.92 Å². The number of Topliss-reactive ketones (excluding diaryl/α,β-unsaturated/α-hetero) is 1. The molecule has 0 atom stereocenters. The molecule has 0 aromatic carbocycles. The number of piperidine rings is 1. The minimum atomic E-state index is 0.0128. The number of carbonyl (C=O) groups is 2. The van der Waals surface area contributed by atoms with Crippen LogP contribution in [0.4, 0.5) is 4.79 Å². The Morgan fingerprint density at radius 1 is 1.33 bits per heavy atom. The highest BCUT2D eigenvalue weighted by Crippen LogP contribution is 2.17. The molecule has 1 saturated heterocycles. The Morgan fingerprint density at radius 3 is 2.40 bits per heavy atom. The fraction of sp³-hybridized carbons (Fsp3) is 0.818. The lowest BCUT2D eigenvalue weighted by atomic mass is 9.93. The van der Waals surface area contributed by atoms with E-state index in [4.69, 9.17) is 0 Å². The van der Waals surface area contributed by atoms with Crippen molar-refractivity contribution in [1.29, 1.82) is 0 Å². The van der Waals surface area contributed by atoms with E-state index < -0.39 is 0 Å². The molecule has 4 heteroatoms. The monoisotopic (exact) mass is 212 g/mol. The van der Waals surface area contributed by atoms with Crippen LogP contribution in [0.15, 0.2) is 0 Å². The lowest BCUT2D eigenvalue weighted by Crippen LogP contribution is -2.45. The zero-order valence-electron chi connectivity index (χ0n) is 9.58. The Balaban J connectivity index is 2.30. The summed E-state index contributed by atoms with van der Waals surface area (Å²) in [5.41, 5.74) is 0. The van der Waals surface area contributed by atoms with Crippen molar-refractivity contribution in [2.75, 3.05) is 19.6 Å². The van der Waals surface area contributed by atoms with E-state index in [9.17, 15) is 9.59 Å². The van der Waals surface area contributed by atoms with Gasteiger partial charge in [-0.15, -0.1) is 0 Å². The van der Waals surface area contributed by atoms with Crippen LogP contribution in [0.3, 0.4) is 0 Å². The molecule has 15 heavy (non-hydrogen) atoms. The third kappa shape index (κ3) is 3.53. The molecule has 1 aliphatic rings. The molecule has 0 aliphatic carbocycles. The number of nitrogens with one attached hydrogen (secondary N) is 1. The molecule has 1 fully saturated rings. The van der Waals surface area contributed by atoms with Gasteiger partial charge in [-0.3, -0.25) is 4.79 Å². The van der Waals surface area contributed by atoms with Crippen LogP contribution in [-0.2, 0) is 4.79 Å². The van der Waals surface area contributed by atoms with Crippen LogP contribution in [-0.4, -0.2) is 36.3 Å². The highest BCUT2D eigenvalue weighted by atomic mass is 16.2. The predicted octanol–water partition coefficient (Wildman–Crippen LogP) is 1.41. The Hall–Kier alpha value is -1.06. The maximum absolute atomic E-state index is 11.6. The van der Waals surface area contributed by atoms with Gasteiger partial charge in [0.1, 0.15) is 5.78 Å². The quantitative estimate of drug-likeness (QED) is 0.769. The van der Waals surface area contributed by atoms with Crippen molar-refractivity contribution in [1.82, 2.24) is 10.2 Å². The van der Waals surface area contributed by atoms with E-state index in [1.807, 2.05) is 6.92 Å². The predicted molar refractivity (Wildman–Crippen MR) is 58.7 cm³/mol. The van der Waals surface area contributed by atoms with Crippen molar-refractivity contribution >= 4 is 11.8 Å². The Morgan fingerprint density at radius 2 is 1.93 bits per heavy atom. The average molecular weight is 212 g/mol. The Bertz CT molecular complexity index is 233. The molecule has 0 aromatic heterocycles. The van der Waals surface area contributed by atoms with Crippen molar-refractivity contribution in [3.63, 3.8) is 0 Å². The number of carbonyl (C=O) groups excluding carboxylic acids is 2. The van der Waals surface area contributed by atoms with E-state index in [0.717, 1.165) is 25.8 Å². The van der Waals surface area contributed by atoms with Crippen LogP contribution in [0.2, 0.25) is 0 Å². The molecular formula is C11H20N2O2. The van der Waals surface area contributed by atoms with Gasteiger partial charge in [0.05, 0.1) is 0 Å². The standard InChI is InChI=1S/C11H20N2O2/c1-3-6-12-11(15)13-7-4-10(5-8-13)9(2)14/h10H,3-8H2,1-2H3,(H,12,15).